The zero-order valence-electron chi connectivity index (χ0n) is 18.3. The van der Waals surface area contributed by atoms with Crippen LogP contribution in [0.4, 0.5) is 4.79 Å². The van der Waals surface area contributed by atoms with E-state index in [1.165, 1.54) is 0 Å². The Morgan fingerprint density at radius 3 is 2.21 bits per heavy atom. The molecule has 0 fully saturated rings. The van der Waals surface area contributed by atoms with Gasteiger partial charge in [-0.05, 0) is 59.3 Å². The summed E-state index contributed by atoms with van der Waals surface area (Å²) in [4.78, 5) is 24.6. The van der Waals surface area contributed by atoms with Crippen LogP contribution in [0.2, 0.25) is 0 Å². The fourth-order valence-corrected chi connectivity index (χ4v) is 3.07. The largest absolute Gasteiger partial charge is 0.481 e. The Balaban J connectivity index is 4.30. The van der Waals surface area contributed by atoms with Gasteiger partial charge >= 0.3 is 12.1 Å². The highest BCUT2D eigenvalue weighted by Crippen LogP contribution is 2.19. The molecular formula is C22H41NO5. The Labute approximate surface area is 170 Å². The number of amides is 1. The molecule has 28 heavy (non-hydrogen) atoms. The average Bonchev–Trinajstić information content (AvgIpc) is 2.58. The number of hydrogen-bond acceptors (Lipinski definition) is 4. The van der Waals surface area contributed by atoms with Crippen molar-refractivity contribution < 1.29 is 24.5 Å². The molecule has 0 aliphatic rings. The number of ether oxygens (including phenoxy) is 1. The molecule has 1 unspecified atom stereocenters. The third-order valence-corrected chi connectivity index (χ3v) is 4.37. The number of carboxylic acids is 1. The molecule has 0 aliphatic heterocycles. The van der Waals surface area contributed by atoms with E-state index < -0.39 is 11.6 Å². The van der Waals surface area contributed by atoms with E-state index in [9.17, 15) is 14.7 Å². The molecule has 2 N–H and O–H groups in total. The third kappa shape index (κ3) is 14.5. The number of rotatable bonds is 15. The molecule has 0 bridgehead atoms. The van der Waals surface area contributed by atoms with Crippen LogP contribution in [0.3, 0.4) is 0 Å². The molecule has 1 amide bonds. The molecule has 0 heterocycles. The van der Waals surface area contributed by atoms with E-state index in [2.05, 4.69) is 19.1 Å². The zero-order chi connectivity index (χ0) is 21.4. The van der Waals surface area contributed by atoms with Crippen molar-refractivity contribution >= 4 is 12.1 Å². The average molecular weight is 400 g/mol. The van der Waals surface area contributed by atoms with Crippen LogP contribution in [0.1, 0.15) is 91.9 Å². The topological polar surface area (TPSA) is 87.1 Å². The van der Waals surface area contributed by atoms with Gasteiger partial charge in [-0.2, -0.15) is 0 Å². The first-order chi connectivity index (χ1) is 13.2. The van der Waals surface area contributed by atoms with Crippen molar-refractivity contribution in [3.05, 3.63) is 12.2 Å². The van der Waals surface area contributed by atoms with Crippen LogP contribution in [0.15, 0.2) is 12.2 Å². The van der Waals surface area contributed by atoms with Gasteiger partial charge in [0.15, 0.2) is 0 Å². The zero-order valence-corrected chi connectivity index (χ0v) is 18.3. The van der Waals surface area contributed by atoms with E-state index in [-0.39, 0.29) is 25.2 Å². The quantitative estimate of drug-likeness (QED) is 0.294. The summed E-state index contributed by atoms with van der Waals surface area (Å²) >= 11 is 0. The fourth-order valence-electron chi connectivity index (χ4n) is 3.07. The third-order valence-electron chi connectivity index (χ3n) is 4.37. The predicted molar refractivity (Wildman–Crippen MR) is 112 cm³/mol. The number of carbonyl (C=O) groups excluding carboxylic acids is 1. The Bertz CT molecular complexity index is 456. The van der Waals surface area contributed by atoms with Crippen LogP contribution in [-0.2, 0) is 9.53 Å². The molecule has 164 valence electrons. The number of allylic oxidation sites excluding steroid dienone is 2. The minimum absolute atomic E-state index is 0.0634. The van der Waals surface area contributed by atoms with Gasteiger partial charge in [0.1, 0.15) is 5.60 Å². The summed E-state index contributed by atoms with van der Waals surface area (Å²) in [5, 5.41) is 18.0. The Morgan fingerprint density at radius 2 is 1.68 bits per heavy atom. The van der Waals surface area contributed by atoms with Crippen molar-refractivity contribution in [2.24, 2.45) is 0 Å². The van der Waals surface area contributed by atoms with Crippen molar-refractivity contribution in [1.82, 2.24) is 4.90 Å². The van der Waals surface area contributed by atoms with Crippen molar-refractivity contribution in [2.75, 3.05) is 13.2 Å². The number of aliphatic hydroxyl groups is 1. The van der Waals surface area contributed by atoms with Crippen LogP contribution < -0.4 is 0 Å². The van der Waals surface area contributed by atoms with Crippen molar-refractivity contribution in [2.45, 2.75) is 104 Å². The predicted octanol–water partition coefficient (Wildman–Crippen LogP) is 5.15. The Morgan fingerprint density at radius 1 is 1.04 bits per heavy atom. The van der Waals surface area contributed by atoms with Gasteiger partial charge in [-0.1, -0.05) is 38.3 Å². The Hall–Kier alpha value is -1.56. The molecule has 0 rings (SSSR count). The van der Waals surface area contributed by atoms with Crippen LogP contribution in [0, 0.1) is 0 Å². The van der Waals surface area contributed by atoms with E-state index in [1.54, 1.807) is 4.90 Å². The van der Waals surface area contributed by atoms with Gasteiger partial charge in [0.2, 0.25) is 0 Å². The summed E-state index contributed by atoms with van der Waals surface area (Å²) in [6.45, 7) is 7.91. The standard InChI is InChI=1S/C22H41NO5/c1-5-14-19(23(17-18-24)21(27)28-22(2,3)4)15-12-10-8-6-7-9-11-13-16-20(25)26/h7,9,19,24H,5-6,8,10-18H2,1-4H3,(H,25,26)/b9-7-. The molecule has 0 spiro atoms. The van der Waals surface area contributed by atoms with Crippen LogP contribution in [0.25, 0.3) is 0 Å². The van der Waals surface area contributed by atoms with Gasteiger partial charge in [-0.3, -0.25) is 4.79 Å². The molecule has 6 heteroatoms. The van der Waals surface area contributed by atoms with Gasteiger partial charge < -0.3 is 19.8 Å². The molecule has 0 saturated carbocycles. The normalized spacial score (nSPS) is 12.9. The second-order valence-corrected chi connectivity index (χ2v) is 8.24. The van der Waals surface area contributed by atoms with Crippen LogP contribution in [0.5, 0.6) is 0 Å². The van der Waals surface area contributed by atoms with Crippen LogP contribution >= 0.6 is 0 Å². The molecule has 6 nitrogen and oxygen atoms in total. The van der Waals surface area contributed by atoms with Crippen molar-refractivity contribution in [1.29, 1.82) is 0 Å². The number of hydrogen-bond donors (Lipinski definition) is 2. The van der Waals surface area contributed by atoms with E-state index in [0.29, 0.717) is 13.0 Å². The lowest BCUT2D eigenvalue weighted by molar-refractivity contribution is -0.137. The first kappa shape index (κ1) is 26.4. The van der Waals surface area contributed by atoms with Gasteiger partial charge in [-0.25, -0.2) is 4.79 Å². The molecule has 0 aromatic rings. The lowest BCUT2D eigenvalue weighted by atomic mass is 10.0. The lowest BCUT2D eigenvalue weighted by Gasteiger charge is -2.33. The summed E-state index contributed by atoms with van der Waals surface area (Å²) in [7, 11) is 0. The van der Waals surface area contributed by atoms with Gasteiger partial charge in [0.05, 0.1) is 6.61 Å². The lowest BCUT2D eigenvalue weighted by Crippen LogP contribution is -2.44. The van der Waals surface area contributed by atoms with E-state index in [1.807, 2.05) is 20.8 Å². The fraction of sp³-hybridized carbons (Fsp3) is 0.818. The second kappa shape index (κ2) is 15.4. The molecule has 0 aliphatic carbocycles. The summed E-state index contributed by atoms with van der Waals surface area (Å²) in [5.74, 6) is -0.739. The summed E-state index contributed by atoms with van der Waals surface area (Å²) in [5.41, 5.74) is -0.543. The minimum Gasteiger partial charge on any atom is -0.481 e. The molecule has 0 aromatic carbocycles. The number of aliphatic hydroxyl groups excluding tert-OH is 1. The van der Waals surface area contributed by atoms with E-state index in [0.717, 1.165) is 51.4 Å². The first-order valence-corrected chi connectivity index (χ1v) is 10.7. The molecule has 0 saturated heterocycles. The van der Waals surface area contributed by atoms with Gasteiger partial charge in [0, 0.05) is 19.0 Å². The maximum Gasteiger partial charge on any atom is 0.410 e. The number of unbranched alkanes of at least 4 members (excludes halogenated alkanes) is 4. The summed E-state index contributed by atoms with van der Waals surface area (Å²) in [6.07, 6.45) is 12.6. The van der Waals surface area contributed by atoms with E-state index in [4.69, 9.17) is 9.84 Å². The van der Waals surface area contributed by atoms with Gasteiger partial charge in [-0.15, -0.1) is 0 Å². The highest BCUT2D eigenvalue weighted by Gasteiger charge is 2.27. The molecule has 0 radical (unpaired) electrons. The number of carbonyl (C=O) groups is 2. The molecule has 0 aromatic heterocycles. The minimum atomic E-state index is -0.739. The monoisotopic (exact) mass is 399 g/mol. The Kier molecular flexibility index (Phi) is 14.5. The second-order valence-electron chi connectivity index (χ2n) is 8.24. The smallest absolute Gasteiger partial charge is 0.410 e. The van der Waals surface area contributed by atoms with Crippen molar-refractivity contribution in [3.63, 3.8) is 0 Å². The summed E-state index contributed by atoms with van der Waals surface area (Å²) in [6, 6.07) is 0.0959. The number of carboxylic acid groups (broad SMARTS) is 1. The maximum absolute atomic E-state index is 12.5. The van der Waals surface area contributed by atoms with E-state index >= 15 is 0 Å². The first-order valence-electron chi connectivity index (χ1n) is 10.7. The van der Waals surface area contributed by atoms with Crippen LogP contribution in [-0.4, -0.2) is 52.0 Å². The van der Waals surface area contributed by atoms with Crippen molar-refractivity contribution in [3.8, 4) is 0 Å². The molecule has 1 atom stereocenters. The highest BCUT2D eigenvalue weighted by molar-refractivity contribution is 5.68. The highest BCUT2D eigenvalue weighted by atomic mass is 16.6. The maximum atomic E-state index is 12.5. The summed E-state index contributed by atoms with van der Waals surface area (Å²) < 4.78 is 5.52. The number of aliphatic carboxylic acids is 1. The SMILES string of the molecule is CCCC(CCCCC/C=C\CCCC(=O)O)N(CCO)C(=O)OC(C)(C)C. The van der Waals surface area contributed by atoms with Gasteiger partial charge in [0.25, 0.3) is 0 Å². The molecular weight excluding hydrogens is 358 g/mol. The number of nitrogens with zero attached hydrogens (tertiary/aromatic N) is 1.